The number of nitrogens with one attached hydrogen (secondary N) is 2. The number of aromatic amines is 1. The molecule has 0 radical (unpaired) electrons. The molecule has 2 aromatic rings. The van der Waals surface area contributed by atoms with Crippen molar-refractivity contribution in [3.8, 4) is 5.75 Å². The van der Waals surface area contributed by atoms with Gasteiger partial charge in [-0.05, 0) is 31.7 Å². The van der Waals surface area contributed by atoms with Gasteiger partial charge in [-0.1, -0.05) is 12.1 Å². The number of H-pyrrole nitrogens is 1. The molecule has 0 amide bonds. The van der Waals surface area contributed by atoms with E-state index >= 15 is 0 Å². The van der Waals surface area contributed by atoms with Crippen LogP contribution >= 0.6 is 0 Å². The van der Waals surface area contributed by atoms with Crippen molar-refractivity contribution in [1.82, 2.24) is 15.5 Å². The maximum absolute atomic E-state index is 5.43. The van der Waals surface area contributed by atoms with Crippen molar-refractivity contribution in [1.29, 1.82) is 0 Å². The molecule has 1 aromatic carbocycles. The highest BCUT2D eigenvalue weighted by Gasteiger charge is 2.12. The van der Waals surface area contributed by atoms with Crippen LogP contribution in [0, 0.1) is 0 Å². The summed E-state index contributed by atoms with van der Waals surface area (Å²) in [4.78, 5) is 0. The summed E-state index contributed by atoms with van der Waals surface area (Å²) in [6.07, 6.45) is 3.73. The van der Waals surface area contributed by atoms with Crippen molar-refractivity contribution < 1.29 is 4.74 Å². The molecule has 90 valence electrons. The average molecular weight is 231 g/mol. The van der Waals surface area contributed by atoms with Gasteiger partial charge < -0.3 is 10.1 Å². The van der Waals surface area contributed by atoms with Gasteiger partial charge in [0.15, 0.2) is 0 Å². The summed E-state index contributed by atoms with van der Waals surface area (Å²) >= 11 is 0. The first-order valence-electron chi connectivity index (χ1n) is 5.74. The fourth-order valence-corrected chi connectivity index (χ4v) is 1.87. The molecule has 0 aliphatic rings. The van der Waals surface area contributed by atoms with Crippen LogP contribution in [0.15, 0.2) is 36.7 Å². The standard InChI is InChI=1S/C13H17N3O/c1-3-17-12-6-4-10(5-7-12)13(14-2)11-8-15-16-9-11/h4-9,13-14H,3H2,1-2H3,(H,15,16). The summed E-state index contributed by atoms with van der Waals surface area (Å²) in [7, 11) is 1.94. The molecule has 0 aliphatic heterocycles. The van der Waals surface area contributed by atoms with Gasteiger partial charge in [0.1, 0.15) is 5.75 Å². The van der Waals surface area contributed by atoms with Crippen molar-refractivity contribution in [3.05, 3.63) is 47.8 Å². The summed E-state index contributed by atoms with van der Waals surface area (Å²) in [6, 6.07) is 8.27. The Morgan fingerprint density at radius 1 is 1.29 bits per heavy atom. The Bertz CT molecular complexity index is 436. The molecule has 0 aliphatic carbocycles. The smallest absolute Gasteiger partial charge is 0.119 e. The van der Waals surface area contributed by atoms with E-state index in [4.69, 9.17) is 4.74 Å². The summed E-state index contributed by atoms with van der Waals surface area (Å²) in [5.74, 6) is 0.901. The van der Waals surface area contributed by atoms with Crippen molar-refractivity contribution >= 4 is 0 Å². The molecule has 4 heteroatoms. The quantitative estimate of drug-likeness (QED) is 0.828. The largest absolute Gasteiger partial charge is 0.494 e. The van der Waals surface area contributed by atoms with Gasteiger partial charge in [-0.25, -0.2) is 0 Å². The van der Waals surface area contributed by atoms with Gasteiger partial charge in [-0.2, -0.15) is 5.10 Å². The van der Waals surface area contributed by atoms with Crippen LogP contribution < -0.4 is 10.1 Å². The maximum Gasteiger partial charge on any atom is 0.119 e. The average Bonchev–Trinajstić information content (AvgIpc) is 2.86. The van der Waals surface area contributed by atoms with E-state index in [2.05, 4.69) is 27.6 Å². The Morgan fingerprint density at radius 3 is 2.59 bits per heavy atom. The van der Waals surface area contributed by atoms with E-state index in [1.165, 1.54) is 5.56 Å². The third kappa shape index (κ3) is 2.65. The molecule has 1 heterocycles. The fraction of sp³-hybridized carbons (Fsp3) is 0.308. The number of nitrogens with zero attached hydrogens (tertiary/aromatic N) is 1. The highest BCUT2D eigenvalue weighted by molar-refractivity contribution is 5.33. The lowest BCUT2D eigenvalue weighted by molar-refractivity contribution is 0.340. The Morgan fingerprint density at radius 2 is 2.06 bits per heavy atom. The molecule has 1 unspecified atom stereocenters. The summed E-state index contributed by atoms with van der Waals surface area (Å²) in [6.45, 7) is 2.67. The molecule has 2 N–H and O–H groups in total. The van der Waals surface area contributed by atoms with Gasteiger partial charge in [0, 0.05) is 11.8 Å². The predicted octanol–water partition coefficient (Wildman–Crippen LogP) is 2.12. The van der Waals surface area contributed by atoms with Gasteiger partial charge in [0.05, 0.1) is 18.8 Å². The van der Waals surface area contributed by atoms with Gasteiger partial charge in [0.25, 0.3) is 0 Å². The number of rotatable bonds is 5. The second-order valence-electron chi connectivity index (χ2n) is 3.76. The zero-order chi connectivity index (χ0) is 12.1. The van der Waals surface area contributed by atoms with Crippen molar-refractivity contribution in [2.45, 2.75) is 13.0 Å². The van der Waals surface area contributed by atoms with E-state index in [-0.39, 0.29) is 6.04 Å². The fourth-order valence-electron chi connectivity index (χ4n) is 1.87. The second kappa shape index (κ2) is 5.50. The first kappa shape index (κ1) is 11.7. The zero-order valence-corrected chi connectivity index (χ0v) is 10.1. The minimum absolute atomic E-state index is 0.157. The van der Waals surface area contributed by atoms with E-state index in [0.29, 0.717) is 6.61 Å². The highest BCUT2D eigenvalue weighted by Crippen LogP contribution is 2.22. The Hall–Kier alpha value is -1.81. The van der Waals surface area contributed by atoms with Crippen LogP contribution in [-0.4, -0.2) is 23.9 Å². The number of benzene rings is 1. The Balaban J connectivity index is 2.20. The van der Waals surface area contributed by atoms with Crippen LogP contribution in [0.3, 0.4) is 0 Å². The number of ether oxygens (including phenoxy) is 1. The third-order valence-electron chi connectivity index (χ3n) is 2.67. The first-order valence-corrected chi connectivity index (χ1v) is 5.74. The predicted molar refractivity (Wildman–Crippen MR) is 67.1 cm³/mol. The SMILES string of the molecule is CCOc1ccc(C(NC)c2cn[nH]c2)cc1. The van der Waals surface area contributed by atoms with E-state index in [0.717, 1.165) is 11.3 Å². The van der Waals surface area contributed by atoms with Gasteiger partial charge in [-0.3, -0.25) is 5.10 Å². The van der Waals surface area contributed by atoms with Crippen molar-refractivity contribution in [2.24, 2.45) is 0 Å². The zero-order valence-electron chi connectivity index (χ0n) is 10.1. The molecule has 4 nitrogen and oxygen atoms in total. The van der Waals surface area contributed by atoms with Crippen LogP contribution in [0.1, 0.15) is 24.1 Å². The van der Waals surface area contributed by atoms with E-state index in [1.54, 1.807) is 0 Å². The molecule has 0 saturated heterocycles. The summed E-state index contributed by atoms with van der Waals surface area (Å²) < 4.78 is 5.43. The van der Waals surface area contributed by atoms with E-state index in [9.17, 15) is 0 Å². The molecule has 0 spiro atoms. The minimum Gasteiger partial charge on any atom is -0.494 e. The highest BCUT2D eigenvalue weighted by atomic mass is 16.5. The Labute approximate surface area is 101 Å². The number of hydrogen-bond acceptors (Lipinski definition) is 3. The van der Waals surface area contributed by atoms with Gasteiger partial charge in [-0.15, -0.1) is 0 Å². The third-order valence-corrected chi connectivity index (χ3v) is 2.67. The van der Waals surface area contributed by atoms with Gasteiger partial charge in [0.2, 0.25) is 0 Å². The molecule has 0 fully saturated rings. The number of hydrogen-bond donors (Lipinski definition) is 2. The van der Waals surface area contributed by atoms with Gasteiger partial charge >= 0.3 is 0 Å². The summed E-state index contributed by atoms with van der Waals surface area (Å²) in [5.41, 5.74) is 2.31. The normalized spacial score (nSPS) is 12.4. The molecule has 0 bridgehead atoms. The molecule has 17 heavy (non-hydrogen) atoms. The first-order chi connectivity index (χ1) is 8.35. The lowest BCUT2D eigenvalue weighted by atomic mass is 10.0. The maximum atomic E-state index is 5.43. The van der Waals surface area contributed by atoms with Crippen molar-refractivity contribution in [3.63, 3.8) is 0 Å². The second-order valence-corrected chi connectivity index (χ2v) is 3.76. The van der Waals surface area contributed by atoms with Crippen molar-refractivity contribution in [2.75, 3.05) is 13.7 Å². The lowest BCUT2D eigenvalue weighted by Crippen LogP contribution is -2.16. The minimum atomic E-state index is 0.157. The van der Waals surface area contributed by atoms with E-state index < -0.39 is 0 Å². The number of aromatic nitrogens is 2. The van der Waals surface area contributed by atoms with Crippen LogP contribution in [0.25, 0.3) is 0 Å². The monoisotopic (exact) mass is 231 g/mol. The van der Waals surface area contributed by atoms with Crippen LogP contribution in [0.5, 0.6) is 5.75 Å². The van der Waals surface area contributed by atoms with Crippen LogP contribution in [-0.2, 0) is 0 Å². The molecule has 0 saturated carbocycles. The van der Waals surface area contributed by atoms with Crippen LogP contribution in [0.2, 0.25) is 0 Å². The molecular formula is C13H17N3O. The topological polar surface area (TPSA) is 49.9 Å². The van der Waals surface area contributed by atoms with E-state index in [1.807, 2.05) is 38.5 Å². The molecule has 1 aromatic heterocycles. The molecule has 2 rings (SSSR count). The lowest BCUT2D eigenvalue weighted by Gasteiger charge is -2.15. The Kier molecular flexibility index (Phi) is 3.77. The summed E-state index contributed by atoms with van der Waals surface area (Å²) in [5, 5.41) is 10.1. The molecule has 1 atom stereocenters. The molecular weight excluding hydrogens is 214 g/mol. The van der Waals surface area contributed by atoms with Crippen LogP contribution in [0.4, 0.5) is 0 Å².